The Hall–Kier alpha value is -2.29. The van der Waals surface area contributed by atoms with Gasteiger partial charge in [0, 0.05) is 37.9 Å². The predicted molar refractivity (Wildman–Crippen MR) is 109 cm³/mol. The number of morpholine rings is 1. The van der Waals surface area contributed by atoms with Gasteiger partial charge in [0.25, 0.3) is 5.56 Å². The lowest BCUT2D eigenvalue weighted by atomic mass is 10.1. The van der Waals surface area contributed by atoms with Crippen molar-refractivity contribution in [3.05, 3.63) is 58.0 Å². The van der Waals surface area contributed by atoms with Crippen LogP contribution in [0, 0.1) is 0 Å². The lowest BCUT2D eigenvalue weighted by Crippen LogP contribution is -2.50. The van der Waals surface area contributed by atoms with Gasteiger partial charge in [0.05, 0.1) is 18.8 Å². The molecule has 0 amide bonds. The second-order valence-corrected chi connectivity index (χ2v) is 8.29. The lowest BCUT2D eigenvalue weighted by Gasteiger charge is -2.36. The summed E-state index contributed by atoms with van der Waals surface area (Å²) in [6.45, 7) is 6.27. The van der Waals surface area contributed by atoms with Crippen LogP contribution in [-0.4, -0.2) is 57.9 Å². The molecule has 2 saturated heterocycles. The van der Waals surface area contributed by atoms with Crippen LogP contribution < -0.4 is 10.5 Å². The van der Waals surface area contributed by atoms with Crippen LogP contribution in [0.3, 0.4) is 0 Å². The van der Waals surface area contributed by atoms with Crippen LogP contribution in [0.4, 0.5) is 5.13 Å². The third kappa shape index (κ3) is 3.21. The third-order valence-electron chi connectivity index (χ3n) is 5.57. The van der Waals surface area contributed by atoms with Crippen LogP contribution in [-0.2, 0) is 17.7 Å². The summed E-state index contributed by atoms with van der Waals surface area (Å²) in [7, 11) is 0. The van der Waals surface area contributed by atoms with Gasteiger partial charge >= 0.3 is 0 Å². The van der Waals surface area contributed by atoms with Crippen LogP contribution in [0.5, 0.6) is 0 Å². The van der Waals surface area contributed by atoms with Crippen molar-refractivity contribution in [1.82, 2.24) is 19.5 Å². The normalized spacial score (nSPS) is 22.7. The Kier molecular flexibility index (Phi) is 4.62. The van der Waals surface area contributed by atoms with Crippen molar-refractivity contribution >= 4 is 21.4 Å². The number of fused-ring (bicyclic) bond motifs is 2. The number of hydrogen-bond acceptors (Lipinski definition) is 7. The maximum atomic E-state index is 12.3. The molecule has 0 radical (unpaired) electrons. The van der Waals surface area contributed by atoms with E-state index in [2.05, 4.69) is 50.2 Å². The lowest BCUT2D eigenvalue weighted by molar-refractivity contribution is -0.0499. The molecule has 2 unspecified atom stereocenters. The summed E-state index contributed by atoms with van der Waals surface area (Å²) in [5, 5.41) is 5.39. The van der Waals surface area contributed by atoms with Gasteiger partial charge in [-0.2, -0.15) is 4.52 Å². The third-order valence-corrected chi connectivity index (χ3v) is 6.53. The fraction of sp³-hybridized carbons (Fsp3) is 0.450. The van der Waals surface area contributed by atoms with Gasteiger partial charge in [-0.15, -0.1) is 5.10 Å². The van der Waals surface area contributed by atoms with E-state index < -0.39 is 0 Å². The molecule has 3 aromatic rings. The zero-order valence-corrected chi connectivity index (χ0v) is 16.6. The molecular weight excluding hydrogens is 374 g/mol. The van der Waals surface area contributed by atoms with Gasteiger partial charge in [0.2, 0.25) is 10.1 Å². The highest BCUT2D eigenvalue weighted by molar-refractivity contribution is 7.20. The maximum absolute atomic E-state index is 12.3. The van der Waals surface area contributed by atoms with Gasteiger partial charge in [0.15, 0.2) is 0 Å². The molecule has 2 atom stereocenters. The van der Waals surface area contributed by atoms with Gasteiger partial charge in [-0.25, -0.2) is 4.98 Å². The molecule has 0 aliphatic carbocycles. The summed E-state index contributed by atoms with van der Waals surface area (Å²) in [6.07, 6.45) is 0.912. The Labute approximate surface area is 167 Å². The van der Waals surface area contributed by atoms with Crippen molar-refractivity contribution in [3.8, 4) is 0 Å². The summed E-state index contributed by atoms with van der Waals surface area (Å²) >= 11 is 1.48. The molecule has 0 spiro atoms. The van der Waals surface area contributed by atoms with Gasteiger partial charge in [-0.05, 0) is 12.0 Å². The molecule has 28 heavy (non-hydrogen) atoms. The number of rotatable bonds is 4. The first-order chi connectivity index (χ1) is 13.7. The molecule has 0 N–H and O–H groups in total. The Bertz CT molecular complexity index is 1030. The SMILES string of the molecule is CCc1cc(=O)n2nc(N3CC4OCCN(Cc5ccccc5)C4C3)sc2n1. The molecular formula is C20H23N5O2S. The summed E-state index contributed by atoms with van der Waals surface area (Å²) in [6, 6.07) is 12.5. The number of ether oxygens (including phenoxy) is 1. The molecule has 5 rings (SSSR count). The zero-order chi connectivity index (χ0) is 19.1. The monoisotopic (exact) mass is 397 g/mol. The van der Waals surface area contributed by atoms with E-state index in [1.165, 1.54) is 21.4 Å². The topological polar surface area (TPSA) is 63.0 Å². The van der Waals surface area contributed by atoms with E-state index in [-0.39, 0.29) is 11.7 Å². The van der Waals surface area contributed by atoms with Crippen molar-refractivity contribution in [2.75, 3.05) is 31.1 Å². The van der Waals surface area contributed by atoms with Crippen LogP contribution in [0.1, 0.15) is 18.2 Å². The van der Waals surface area contributed by atoms with E-state index in [0.29, 0.717) is 11.0 Å². The van der Waals surface area contributed by atoms with Crippen molar-refractivity contribution in [2.45, 2.75) is 32.0 Å². The van der Waals surface area contributed by atoms with Crippen LogP contribution in [0.15, 0.2) is 41.2 Å². The first-order valence-corrected chi connectivity index (χ1v) is 10.6. The molecule has 7 nitrogen and oxygen atoms in total. The van der Waals surface area contributed by atoms with Gasteiger partial charge in [-0.1, -0.05) is 48.6 Å². The average molecular weight is 398 g/mol. The molecule has 146 valence electrons. The fourth-order valence-electron chi connectivity index (χ4n) is 4.08. The molecule has 2 aliphatic rings. The van der Waals surface area contributed by atoms with E-state index >= 15 is 0 Å². The molecule has 2 aliphatic heterocycles. The van der Waals surface area contributed by atoms with Gasteiger partial charge in [-0.3, -0.25) is 9.69 Å². The summed E-state index contributed by atoms with van der Waals surface area (Å²) in [5.74, 6) is 0. The summed E-state index contributed by atoms with van der Waals surface area (Å²) in [4.78, 5) is 22.3. The first-order valence-electron chi connectivity index (χ1n) is 9.75. The van der Waals surface area contributed by atoms with Gasteiger partial charge < -0.3 is 9.64 Å². The Morgan fingerprint density at radius 2 is 2.11 bits per heavy atom. The largest absolute Gasteiger partial charge is 0.373 e. The van der Waals surface area contributed by atoms with E-state index in [1.54, 1.807) is 6.07 Å². The Morgan fingerprint density at radius 3 is 2.93 bits per heavy atom. The van der Waals surface area contributed by atoms with Crippen molar-refractivity contribution in [3.63, 3.8) is 0 Å². The molecule has 4 heterocycles. The average Bonchev–Trinajstić information content (AvgIpc) is 3.33. The molecule has 1 aromatic carbocycles. The molecule has 2 fully saturated rings. The minimum Gasteiger partial charge on any atom is -0.373 e. The Morgan fingerprint density at radius 1 is 1.25 bits per heavy atom. The second kappa shape index (κ2) is 7.27. The number of hydrogen-bond donors (Lipinski definition) is 0. The van der Waals surface area contributed by atoms with Crippen LogP contribution in [0.25, 0.3) is 4.96 Å². The maximum Gasteiger partial charge on any atom is 0.275 e. The number of aromatic nitrogens is 3. The highest BCUT2D eigenvalue weighted by Crippen LogP contribution is 2.30. The van der Waals surface area contributed by atoms with Crippen molar-refractivity contribution < 1.29 is 4.74 Å². The minimum absolute atomic E-state index is 0.108. The molecule has 0 bridgehead atoms. The van der Waals surface area contributed by atoms with E-state index in [9.17, 15) is 4.79 Å². The number of benzene rings is 1. The predicted octanol–water partition coefficient (Wildman–Crippen LogP) is 1.80. The number of nitrogens with zero attached hydrogens (tertiary/aromatic N) is 5. The van der Waals surface area contributed by atoms with Crippen LogP contribution >= 0.6 is 11.3 Å². The van der Waals surface area contributed by atoms with E-state index in [4.69, 9.17) is 4.74 Å². The Balaban J connectivity index is 1.39. The molecule has 0 saturated carbocycles. The molecule has 8 heteroatoms. The van der Waals surface area contributed by atoms with Gasteiger partial charge in [0.1, 0.15) is 0 Å². The quantitative estimate of drug-likeness (QED) is 0.669. The zero-order valence-electron chi connectivity index (χ0n) is 15.8. The van der Waals surface area contributed by atoms with E-state index in [0.717, 1.165) is 50.0 Å². The van der Waals surface area contributed by atoms with Crippen molar-refractivity contribution in [2.24, 2.45) is 0 Å². The fourth-order valence-corrected chi connectivity index (χ4v) is 5.03. The minimum atomic E-state index is -0.108. The standard InChI is InChI=1S/C20H23N5O2S/c1-2-15-10-18(26)25-19(21-15)28-20(22-25)24-12-16-17(13-24)27-9-8-23(16)11-14-6-4-3-5-7-14/h3-7,10,16-17H,2,8-9,11-13H2,1H3. The second-order valence-electron chi connectivity index (χ2n) is 7.36. The summed E-state index contributed by atoms with van der Waals surface area (Å²) < 4.78 is 7.49. The highest BCUT2D eigenvalue weighted by Gasteiger charge is 2.41. The first kappa shape index (κ1) is 17.8. The molecule has 2 aromatic heterocycles. The highest BCUT2D eigenvalue weighted by atomic mass is 32.1. The van der Waals surface area contributed by atoms with E-state index in [1.807, 2.05) is 6.92 Å². The van der Waals surface area contributed by atoms with Crippen LogP contribution in [0.2, 0.25) is 0 Å². The number of anilines is 1. The van der Waals surface area contributed by atoms with Crippen molar-refractivity contribution in [1.29, 1.82) is 0 Å². The smallest absolute Gasteiger partial charge is 0.275 e. The summed E-state index contributed by atoms with van der Waals surface area (Å²) in [5.41, 5.74) is 2.03. The number of aryl methyl sites for hydroxylation is 1.